The third-order valence-corrected chi connectivity index (χ3v) is 4.24. The highest BCUT2D eigenvalue weighted by atomic mass is 16.4. The smallest absolute Gasteiger partial charge is 0.192 e. The van der Waals surface area contributed by atoms with Crippen molar-refractivity contribution in [3.05, 3.63) is 48.6 Å². The molecule has 28 heavy (non-hydrogen) atoms. The van der Waals surface area contributed by atoms with Crippen LogP contribution in [0.3, 0.4) is 0 Å². The molecule has 5 nitrogen and oxygen atoms in total. The Bertz CT molecular complexity index is 493. The van der Waals surface area contributed by atoms with Gasteiger partial charge in [-0.25, -0.2) is 0 Å². The molecule has 160 valence electrons. The van der Waals surface area contributed by atoms with E-state index in [4.69, 9.17) is 5.11 Å². The lowest BCUT2D eigenvalue weighted by Crippen LogP contribution is -2.42. The van der Waals surface area contributed by atoms with Crippen molar-refractivity contribution < 1.29 is 25.2 Å². The number of ketones is 1. The quantitative estimate of drug-likeness (QED) is 0.224. The molecule has 0 saturated heterocycles. The molecule has 0 aromatic carbocycles. The van der Waals surface area contributed by atoms with Crippen LogP contribution in [0.1, 0.15) is 64.7 Å². The first-order valence-electron chi connectivity index (χ1n) is 10.3. The number of Topliss-reactive ketones (excluding diaryl/α,β-unsaturated/α-hetero) is 1. The first-order chi connectivity index (χ1) is 13.5. The molecule has 0 bridgehead atoms. The third-order valence-electron chi connectivity index (χ3n) is 4.24. The summed E-state index contributed by atoms with van der Waals surface area (Å²) in [5, 5.41) is 37.0. The fourth-order valence-electron chi connectivity index (χ4n) is 2.44. The summed E-state index contributed by atoms with van der Waals surface area (Å²) in [6, 6.07) is 0. The van der Waals surface area contributed by atoms with E-state index >= 15 is 0 Å². The van der Waals surface area contributed by atoms with Crippen LogP contribution in [0.4, 0.5) is 0 Å². The van der Waals surface area contributed by atoms with Gasteiger partial charge in [-0.05, 0) is 44.9 Å². The summed E-state index contributed by atoms with van der Waals surface area (Å²) >= 11 is 0. The predicted molar refractivity (Wildman–Crippen MR) is 114 cm³/mol. The Morgan fingerprint density at radius 3 is 1.79 bits per heavy atom. The first kappa shape index (κ1) is 26.5. The molecule has 5 heteroatoms. The van der Waals surface area contributed by atoms with E-state index in [1.165, 1.54) is 25.7 Å². The van der Waals surface area contributed by atoms with Gasteiger partial charge in [-0.2, -0.15) is 0 Å². The van der Waals surface area contributed by atoms with Gasteiger partial charge in [-0.1, -0.05) is 68.4 Å². The zero-order valence-corrected chi connectivity index (χ0v) is 17.1. The van der Waals surface area contributed by atoms with Crippen LogP contribution < -0.4 is 0 Å². The minimum Gasteiger partial charge on any atom is -0.394 e. The Balaban J connectivity index is 3.76. The fraction of sp³-hybridized carbons (Fsp3) is 0.609. The van der Waals surface area contributed by atoms with Crippen molar-refractivity contribution in [2.24, 2.45) is 0 Å². The second kappa shape index (κ2) is 18.8. The van der Waals surface area contributed by atoms with E-state index < -0.39 is 30.7 Å². The lowest BCUT2D eigenvalue weighted by atomic mass is 10.0. The SMILES string of the molecule is CCCCC/C=C\C/C=C\C/C=C\C/C=C\CCC(O)C(=O)C(O)C(O)CO. The van der Waals surface area contributed by atoms with E-state index in [9.17, 15) is 20.1 Å². The number of rotatable bonds is 17. The number of carbonyl (C=O) groups excluding carboxylic acids is 1. The van der Waals surface area contributed by atoms with Gasteiger partial charge in [0.15, 0.2) is 5.78 Å². The highest BCUT2D eigenvalue weighted by Gasteiger charge is 2.28. The largest absolute Gasteiger partial charge is 0.394 e. The Morgan fingerprint density at radius 1 is 0.786 bits per heavy atom. The van der Waals surface area contributed by atoms with Crippen LogP contribution >= 0.6 is 0 Å². The maximum Gasteiger partial charge on any atom is 0.192 e. The van der Waals surface area contributed by atoms with Crippen molar-refractivity contribution in [1.29, 1.82) is 0 Å². The Labute approximate surface area is 169 Å². The monoisotopic (exact) mass is 394 g/mol. The molecule has 0 aliphatic carbocycles. The highest BCUT2D eigenvalue weighted by molar-refractivity contribution is 5.87. The van der Waals surface area contributed by atoms with E-state index in [2.05, 4.69) is 43.4 Å². The van der Waals surface area contributed by atoms with E-state index in [1.807, 2.05) is 12.2 Å². The summed E-state index contributed by atoms with van der Waals surface area (Å²) in [5.74, 6) is -0.863. The zero-order valence-electron chi connectivity index (χ0n) is 17.1. The van der Waals surface area contributed by atoms with Crippen LogP contribution in [0.15, 0.2) is 48.6 Å². The molecule has 0 aromatic rings. The van der Waals surface area contributed by atoms with Gasteiger partial charge >= 0.3 is 0 Å². The van der Waals surface area contributed by atoms with E-state index in [0.717, 1.165) is 19.3 Å². The number of unbranched alkanes of at least 4 members (excludes halogenated alkanes) is 3. The Kier molecular flexibility index (Phi) is 17.8. The van der Waals surface area contributed by atoms with Crippen molar-refractivity contribution in [2.75, 3.05) is 6.61 Å². The summed E-state index contributed by atoms with van der Waals surface area (Å²) in [5.41, 5.74) is 0. The molecule has 0 spiro atoms. The molecule has 0 rings (SSSR count). The fourth-order valence-corrected chi connectivity index (χ4v) is 2.44. The lowest BCUT2D eigenvalue weighted by molar-refractivity contribution is -0.143. The summed E-state index contributed by atoms with van der Waals surface area (Å²) in [6.07, 6.45) is 20.4. The molecule has 0 aliphatic heterocycles. The average molecular weight is 395 g/mol. The van der Waals surface area contributed by atoms with Crippen molar-refractivity contribution in [3.8, 4) is 0 Å². The number of hydrogen-bond donors (Lipinski definition) is 4. The lowest BCUT2D eigenvalue weighted by Gasteiger charge is -2.17. The van der Waals surface area contributed by atoms with Crippen LogP contribution in [-0.4, -0.2) is 51.1 Å². The van der Waals surface area contributed by atoms with Gasteiger partial charge in [0.25, 0.3) is 0 Å². The van der Waals surface area contributed by atoms with Crippen molar-refractivity contribution in [3.63, 3.8) is 0 Å². The normalized spacial score (nSPS) is 15.9. The highest BCUT2D eigenvalue weighted by Crippen LogP contribution is 2.06. The van der Waals surface area contributed by atoms with Gasteiger partial charge in [0.05, 0.1) is 6.61 Å². The zero-order chi connectivity index (χ0) is 21.0. The van der Waals surface area contributed by atoms with Gasteiger partial charge in [0, 0.05) is 0 Å². The molecule has 3 unspecified atom stereocenters. The standard InChI is InChI=1S/C23H38O5/c1-2-3-4-5-6-7-8-9-10-11-12-13-14-15-16-17-18-20(25)22(27)23(28)21(26)19-24/h6-7,9-10,12-13,15-16,20-21,23-26,28H,2-5,8,11,14,17-19H2,1H3/b7-6-,10-9-,13-12-,16-15-. The number of aliphatic hydroxyl groups excluding tert-OH is 4. The van der Waals surface area contributed by atoms with Crippen LogP contribution in [-0.2, 0) is 4.79 Å². The van der Waals surface area contributed by atoms with Crippen molar-refractivity contribution >= 4 is 5.78 Å². The van der Waals surface area contributed by atoms with E-state index in [1.54, 1.807) is 0 Å². The number of allylic oxidation sites excluding steroid dienone is 8. The van der Waals surface area contributed by atoms with Gasteiger partial charge in [0.1, 0.15) is 18.3 Å². The van der Waals surface area contributed by atoms with Gasteiger partial charge in [-0.3, -0.25) is 4.79 Å². The summed E-state index contributed by atoms with van der Waals surface area (Å²) in [6.45, 7) is 1.49. The molecular formula is C23H38O5. The van der Waals surface area contributed by atoms with Gasteiger partial charge in [-0.15, -0.1) is 0 Å². The minimum absolute atomic E-state index is 0.170. The topological polar surface area (TPSA) is 98.0 Å². The van der Waals surface area contributed by atoms with Crippen LogP contribution in [0.5, 0.6) is 0 Å². The maximum absolute atomic E-state index is 11.6. The van der Waals surface area contributed by atoms with Crippen LogP contribution in [0, 0.1) is 0 Å². The number of aliphatic hydroxyl groups is 4. The van der Waals surface area contributed by atoms with Crippen LogP contribution in [0.2, 0.25) is 0 Å². The molecule has 0 radical (unpaired) electrons. The minimum atomic E-state index is -1.75. The van der Waals surface area contributed by atoms with Crippen molar-refractivity contribution in [2.45, 2.75) is 83.0 Å². The van der Waals surface area contributed by atoms with Crippen LogP contribution in [0.25, 0.3) is 0 Å². The molecule has 0 fully saturated rings. The summed E-state index contributed by atoms with van der Waals surface area (Å²) < 4.78 is 0. The second-order valence-electron chi connectivity index (χ2n) is 6.78. The molecule has 0 aliphatic rings. The molecule has 3 atom stereocenters. The van der Waals surface area contributed by atoms with E-state index in [0.29, 0.717) is 6.42 Å². The molecule has 4 N–H and O–H groups in total. The average Bonchev–Trinajstić information content (AvgIpc) is 2.71. The Morgan fingerprint density at radius 2 is 1.29 bits per heavy atom. The molecular weight excluding hydrogens is 356 g/mol. The predicted octanol–water partition coefficient (Wildman–Crippen LogP) is 3.39. The molecule has 0 amide bonds. The third kappa shape index (κ3) is 14.5. The summed E-state index contributed by atoms with van der Waals surface area (Å²) in [4.78, 5) is 11.6. The molecule has 0 heterocycles. The molecule has 0 saturated carbocycles. The van der Waals surface area contributed by atoms with Gasteiger partial charge in [0.2, 0.25) is 0 Å². The maximum atomic E-state index is 11.6. The molecule has 0 aromatic heterocycles. The number of carbonyl (C=O) groups is 1. The van der Waals surface area contributed by atoms with Crippen molar-refractivity contribution in [1.82, 2.24) is 0 Å². The van der Waals surface area contributed by atoms with E-state index in [-0.39, 0.29) is 6.42 Å². The first-order valence-corrected chi connectivity index (χ1v) is 10.3. The van der Waals surface area contributed by atoms with Gasteiger partial charge < -0.3 is 20.4 Å². The number of hydrogen-bond acceptors (Lipinski definition) is 5. The summed E-state index contributed by atoms with van der Waals surface area (Å²) in [7, 11) is 0. The Hall–Kier alpha value is -1.53. The second-order valence-corrected chi connectivity index (χ2v) is 6.78.